The number of carbonyl (C=O) groups is 2. The van der Waals surface area contributed by atoms with Crippen LogP contribution >= 0.6 is 0 Å². The second kappa shape index (κ2) is 5.13. The Balaban J connectivity index is 2.28. The number of hydrogen-bond donors (Lipinski definition) is 2. The van der Waals surface area contributed by atoms with E-state index < -0.39 is 5.54 Å². The van der Waals surface area contributed by atoms with Crippen molar-refractivity contribution < 1.29 is 14.3 Å². The van der Waals surface area contributed by atoms with E-state index in [1.807, 2.05) is 11.0 Å². The van der Waals surface area contributed by atoms with Crippen LogP contribution < -0.4 is 15.8 Å². The number of rotatable bonds is 3. The number of piperazine rings is 1. The van der Waals surface area contributed by atoms with E-state index in [2.05, 4.69) is 5.32 Å². The van der Waals surface area contributed by atoms with Gasteiger partial charge in [-0.05, 0) is 19.9 Å². The Morgan fingerprint density at radius 1 is 1.40 bits per heavy atom. The lowest BCUT2D eigenvalue weighted by Crippen LogP contribution is -2.63. The van der Waals surface area contributed by atoms with Gasteiger partial charge in [-0.15, -0.1) is 0 Å². The molecule has 2 amide bonds. The Kier molecular flexibility index (Phi) is 3.67. The molecule has 0 aromatic heterocycles. The lowest BCUT2D eigenvalue weighted by Gasteiger charge is -2.40. The second-order valence-corrected chi connectivity index (χ2v) is 5.36. The molecule has 108 valence electrons. The number of nitrogens with zero attached hydrogens (tertiary/aromatic N) is 1. The number of nitrogen functional groups attached to an aromatic ring is 1. The fourth-order valence-corrected chi connectivity index (χ4v) is 2.18. The Hall–Kier alpha value is -2.08. The highest BCUT2D eigenvalue weighted by molar-refractivity contribution is 6.02. The Bertz CT molecular complexity index is 555. The van der Waals surface area contributed by atoms with Gasteiger partial charge in [0.25, 0.3) is 0 Å². The highest BCUT2D eigenvalue weighted by Gasteiger charge is 2.40. The number of hydrogen-bond acceptors (Lipinski definition) is 5. The number of nitrogens with two attached hydrogens (primary N) is 1. The third-order valence-electron chi connectivity index (χ3n) is 3.61. The van der Waals surface area contributed by atoms with E-state index in [1.165, 1.54) is 0 Å². The number of amides is 2. The highest BCUT2D eigenvalue weighted by atomic mass is 16.5. The molecule has 6 heteroatoms. The Labute approximate surface area is 117 Å². The van der Waals surface area contributed by atoms with E-state index in [0.717, 1.165) is 5.56 Å². The number of ether oxygens (including phenoxy) is 1. The molecule has 1 heterocycles. The van der Waals surface area contributed by atoms with Crippen molar-refractivity contribution in [2.24, 2.45) is 0 Å². The van der Waals surface area contributed by atoms with Crippen molar-refractivity contribution in [3.63, 3.8) is 0 Å². The summed E-state index contributed by atoms with van der Waals surface area (Å²) in [7, 11) is 1.57. The molecule has 1 aromatic rings. The minimum absolute atomic E-state index is 0.173. The standard InChI is InChI=1S/C14H19N3O3/c1-14(2)13(19)16-12(18)8-17(14)7-9-4-5-10(15)6-11(9)20-3/h4-6H,7-8,15H2,1-3H3,(H,16,18,19). The predicted octanol–water partition coefficient (Wildman–Crippen LogP) is 0.514. The zero-order chi connectivity index (χ0) is 14.9. The topological polar surface area (TPSA) is 84.7 Å². The van der Waals surface area contributed by atoms with Crippen LogP contribution in [0.1, 0.15) is 19.4 Å². The van der Waals surface area contributed by atoms with Gasteiger partial charge in [0.15, 0.2) is 0 Å². The van der Waals surface area contributed by atoms with E-state index in [9.17, 15) is 9.59 Å². The molecule has 0 saturated carbocycles. The number of methoxy groups -OCH3 is 1. The fraction of sp³-hybridized carbons (Fsp3) is 0.429. The van der Waals surface area contributed by atoms with E-state index in [0.29, 0.717) is 18.0 Å². The van der Waals surface area contributed by atoms with E-state index >= 15 is 0 Å². The SMILES string of the molecule is COc1cc(N)ccc1CN1CC(=O)NC(=O)C1(C)C. The van der Waals surface area contributed by atoms with Crippen molar-refractivity contribution >= 4 is 17.5 Å². The normalized spacial score (nSPS) is 18.8. The van der Waals surface area contributed by atoms with Gasteiger partial charge in [-0.1, -0.05) is 6.07 Å². The van der Waals surface area contributed by atoms with E-state index in [4.69, 9.17) is 10.5 Å². The first-order chi connectivity index (χ1) is 9.34. The number of imide groups is 1. The smallest absolute Gasteiger partial charge is 0.246 e. The maximum absolute atomic E-state index is 11.9. The molecular formula is C14H19N3O3. The van der Waals surface area contributed by atoms with Crippen LogP contribution in [-0.4, -0.2) is 35.9 Å². The van der Waals surface area contributed by atoms with Gasteiger partial charge >= 0.3 is 0 Å². The van der Waals surface area contributed by atoms with Crippen LogP contribution in [0.5, 0.6) is 5.75 Å². The summed E-state index contributed by atoms with van der Waals surface area (Å²) in [4.78, 5) is 25.3. The van der Waals surface area contributed by atoms with Crippen molar-refractivity contribution in [1.82, 2.24) is 10.2 Å². The molecule has 3 N–H and O–H groups in total. The van der Waals surface area contributed by atoms with Crippen molar-refractivity contribution in [2.75, 3.05) is 19.4 Å². The van der Waals surface area contributed by atoms with Crippen LogP contribution in [-0.2, 0) is 16.1 Å². The molecule has 6 nitrogen and oxygen atoms in total. The van der Waals surface area contributed by atoms with Crippen molar-refractivity contribution in [1.29, 1.82) is 0 Å². The van der Waals surface area contributed by atoms with Gasteiger partial charge in [0.05, 0.1) is 19.2 Å². The summed E-state index contributed by atoms with van der Waals surface area (Å²) in [5, 5.41) is 2.35. The second-order valence-electron chi connectivity index (χ2n) is 5.36. The summed E-state index contributed by atoms with van der Waals surface area (Å²) in [5.74, 6) is 0.0751. The van der Waals surface area contributed by atoms with E-state index in [-0.39, 0.29) is 18.4 Å². The average molecular weight is 277 g/mol. The maximum atomic E-state index is 11.9. The average Bonchev–Trinajstić information content (AvgIpc) is 2.38. The molecule has 1 saturated heterocycles. The number of carbonyl (C=O) groups excluding carboxylic acids is 2. The third kappa shape index (κ3) is 2.60. The molecule has 1 fully saturated rings. The summed E-state index contributed by atoms with van der Waals surface area (Å²) in [5.41, 5.74) is 6.47. The van der Waals surface area contributed by atoms with Crippen molar-refractivity contribution in [2.45, 2.75) is 25.9 Å². The minimum Gasteiger partial charge on any atom is -0.496 e. The van der Waals surface area contributed by atoms with Crippen molar-refractivity contribution in [3.05, 3.63) is 23.8 Å². The molecule has 0 atom stereocenters. The maximum Gasteiger partial charge on any atom is 0.246 e. The Morgan fingerprint density at radius 2 is 2.10 bits per heavy atom. The molecule has 1 aliphatic heterocycles. The zero-order valence-corrected chi connectivity index (χ0v) is 11.9. The molecule has 0 bridgehead atoms. The number of anilines is 1. The monoisotopic (exact) mass is 277 g/mol. The fourth-order valence-electron chi connectivity index (χ4n) is 2.18. The van der Waals surface area contributed by atoms with Crippen LogP contribution in [0.15, 0.2) is 18.2 Å². The summed E-state index contributed by atoms with van der Waals surface area (Å²) < 4.78 is 5.30. The summed E-state index contributed by atoms with van der Waals surface area (Å²) in [6.07, 6.45) is 0. The van der Waals surface area contributed by atoms with E-state index in [1.54, 1.807) is 33.1 Å². The van der Waals surface area contributed by atoms with Crippen LogP contribution in [0.2, 0.25) is 0 Å². The van der Waals surface area contributed by atoms with Gasteiger partial charge in [-0.25, -0.2) is 0 Å². The molecular weight excluding hydrogens is 258 g/mol. The first-order valence-corrected chi connectivity index (χ1v) is 6.36. The lowest BCUT2D eigenvalue weighted by molar-refractivity contribution is -0.145. The summed E-state index contributed by atoms with van der Waals surface area (Å²) in [6, 6.07) is 5.35. The molecule has 2 rings (SSSR count). The van der Waals surface area contributed by atoms with Crippen LogP contribution in [0.4, 0.5) is 5.69 Å². The van der Waals surface area contributed by atoms with Gasteiger partial charge < -0.3 is 10.5 Å². The zero-order valence-electron chi connectivity index (χ0n) is 11.9. The molecule has 1 aliphatic rings. The van der Waals surface area contributed by atoms with Gasteiger partial charge in [0, 0.05) is 23.9 Å². The quantitative estimate of drug-likeness (QED) is 0.621. The van der Waals surface area contributed by atoms with Gasteiger partial charge in [-0.2, -0.15) is 0 Å². The number of benzene rings is 1. The summed E-state index contributed by atoms with van der Waals surface area (Å²) in [6.45, 7) is 4.19. The molecule has 0 aliphatic carbocycles. The first-order valence-electron chi connectivity index (χ1n) is 6.36. The molecule has 1 aromatic carbocycles. The number of nitrogens with one attached hydrogen (secondary N) is 1. The third-order valence-corrected chi connectivity index (χ3v) is 3.61. The predicted molar refractivity (Wildman–Crippen MR) is 75.0 cm³/mol. The van der Waals surface area contributed by atoms with Crippen LogP contribution in [0.3, 0.4) is 0 Å². The van der Waals surface area contributed by atoms with Crippen molar-refractivity contribution in [3.8, 4) is 5.75 Å². The molecule has 0 radical (unpaired) electrons. The van der Waals surface area contributed by atoms with Gasteiger partial charge in [-0.3, -0.25) is 19.8 Å². The lowest BCUT2D eigenvalue weighted by atomic mass is 9.97. The molecule has 0 unspecified atom stereocenters. The van der Waals surface area contributed by atoms with Gasteiger partial charge in [0.1, 0.15) is 5.75 Å². The van der Waals surface area contributed by atoms with Crippen LogP contribution in [0.25, 0.3) is 0 Å². The largest absolute Gasteiger partial charge is 0.496 e. The first kappa shape index (κ1) is 14.3. The summed E-state index contributed by atoms with van der Waals surface area (Å²) >= 11 is 0. The molecule has 0 spiro atoms. The van der Waals surface area contributed by atoms with Crippen LogP contribution in [0, 0.1) is 0 Å². The molecule has 20 heavy (non-hydrogen) atoms. The Morgan fingerprint density at radius 3 is 2.75 bits per heavy atom. The highest BCUT2D eigenvalue weighted by Crippen LogP contribution is 2.27. The van der Waals surface area contributed by atoms with Gasteiger partial charge in [0.2, 0.25) is 11.8 Å². The minimum atomic E-state index is -0.750.